The Kier molecular flexibility index (Phi) is 5.30. The van der Waals surface area contributed by atoms with E-state index in [1.165, 1.54) is 7.11 Å². The Morgan fingerprint density at radius 1 is 1.20 bits per heavy atom. The summed E-state index contributed by atoms with van der Waals surface area (Å²) in [7, 11) is 1.52. The maximum atomic E-state index is 12.1. The van der Waals surface area contributed by atoms with E-state index in [-0.39, 0.29) is 5.91 Å². The molecule has 1 aromatic heterocycles. The summed E-state index contributed by atoms with van der Waals surface area (Å²) in [5, 5.41) is 11.2. The van der Waals surface area contributed by atoms with Gasteiger partial charge in [0.05, 0.1) is 12.1 Å². The Morgan fingerprint density at radius 2 is 2.00 bits per heavy atom. The highest BCUT2D eigenvalue weighted by atomic mass is 35.5. The van der Waals surface area contributed by atoms with Gasteiger partial charge in [-0.1, -0.05) is 29.8 Å². The molecule has 0 atom stereocenters. The highest BCUT2D eigenvalue weighted by Crippen LogP contribution is 2.24. The molecule has 0 spiro atoms. The molecule has 1 amide bonds. The van der Waals surface area contributed by atoms with Gasteiger partial charge in [-0.25, -0.2) is 0 Å². The van der Waals surface area contributed by atoms with Gasteiger partial charge in [0, 0.05) is 24.1 Å². The van der Waals surface area contributed by atoms with Crippen molar-refractivity contribution in [3.8, 4) is 17.2 Å². The second-order valence-corrected chi connectivity index (χ2v) is 5.63. The molecule has 128 valence electrons. The van der Waals surface area contributed by atoms with E-state index in [0.29, 0.717) is 41.1 Å². The third kappa shape index (κ3) is 4.16. The van der Waals surface area contributed by atoms with Crippen molar-refractivity contribution in [2.45, 2.75) is 6.42 Å². The molecule has 0 saturated heterocycles. The Morgan fingerprint density at radius 3 is 2.72 bits per heavy atom. The van der Waals surface area contributed by atoms with Crippen LogP contribution in [0.15, 0.2) is 52.9 Å². The summed E-state index contributed by atoms with van der Waals surface area (Å²) in [6, 6.07) is 14.4. The number of ether oxygens (including phenoxy) is 1. The Labute approximate surface area is 149 Å². The van der Waals surface area contributed by atoms with Crippen LogP contribution in [0.25, 0.3) is 11.5 Å². The molecule has 25 heavy (non-hydrogen) atoms. The number of methoxy groups -OCH3 is 1. The smallest absolute Gasteiger partial charge is 0.251 e. The first-order chi connectivity index (χ1) is 12.2. The maximum Gasteiger partial charge on any atom is 0.251 e. The highest BCUT2D eigenvalue weighted by molar-refractivity contribution is 6.32. The van der Waals surface area contributed by atoms with Crippen LogP contribution < -0.4 is 10.1 Å². The zero-order valence-corrected chi connectivity index (χ0v) is 14.3. The molecule has 1 N–H and O–H groups in total. The average Bonchev–Trinajstić information content (AvgIpc) is 3.11. The van der Waals surface area contributed by atoms with Gasteiger partial charge in [-0.2, -0.15) is 0 Å². The summed E-state index contributed by atoms with van der Waals surface area (Å²) in [4.78, 5) is 12.1. The summed E-state index contributed by atoms with van der Waals surface area (Å²) in [6.07, 6.45) is 0.440. The van der Waals surface area contributed by atoms with E-state index >= 15 is 0 Å². The summed E-state index contributed by atoms with van der Waals surface area (Å²) >= 11 is 6.03. The van der Waals surface area contributed by atoms with E-state index < -0.39 is 0 Å². The molecular weight excluding hydrogens is 342 g/mol. The van der Waals surface area contributed by atoms with Gasteiger partial charge in [0.25, 0.3) is 5.91 Å². The molecule has 0 aliphatic heterocycles. The van der Waals surface area contributed by atoms with Gasteiger partial charge in [-0.3, -0.25) is 4.79 Å². The number of nitrogens with one attached hydrogen (secondary N) is 1. The van der Waals surface area contributed by atoms with Gasteiger partial charge in [0.2, 0.25) is 11.8 Å². The first-order valence-corrected chi connectivity index (χ1v) is 8.04. The quantitative estimate of drug-likeness (QED) is 0.731. The van der Waals surface area contributed by atoms with Crippen molar-refractivity contribution in [1.29, 1.82) is 0 Å². The van der Waals surface area contributed by atoms with Crippen LogP contribution in [-0.2, 0) is 6.42 Å². The second kappa shape index (κ2) is 7.81. The van der Waals surface area contributed by atoms with Crippen LogP contribution in [-0.4, -0.2) is 29.8 Å². The molecule has 0 aliphatic carbocycles. The minimum atomic E-state index is -0.229. The van der Waals surface area contributed by atoms with E-state index in [1.54, 1.807) is 18.2 Å². The van der Waals surface area contributed by atoms with Crippen LogP contribution in [0.5, 0.6) is 5.75 Å². The first-order valence-electron chi connectivity index (χ1n) is 7.67. The molecular formula is C18H16ClN3O3. The van der Waals surface area contributed by atoms with Gasteiger partial charge >= 0.3 is 0 Å². The fourth-order valence-corrected chi connectivity index (χ4v) is 2.50. The van der Waals surface area contributed by atoms with Gasteiger partial charge < -0.3 is 14.5 Å². The van der Waals surface area contributed by atoms with Crippen molar-refractivity contribution in [1.82, 2.24) is 15.5 Å². The van der Waals surface area contributed by atoms with Crippen LogP contribution in [0.1, 0.15) is 16.2 Å². The van der Waals surface area contributed by atoms with Crippen LogP contribution in [0.2, 0.25) is 5.02 Å². The molecule has 0 saturated carbocycles. The van der Waals surface area contributed by atoms with Crippen LogP contribution in [0, 0.1) is 0 Å². The third-order valence-electron chi connectivity index (χ3n) is 3.53. The summed E-state index contributed by atoms with van der Waals surface area (Å²) in [5.41, 5.74) is 1.32. The third-order valence-corrected chi connectivity index (χ3v) is 3.82. The lowest BCUT2D eigenvalue weighted by molar-refractivity contribution is 0.0953. The molecule has 0 unspecified atom stereocenters. The van der Waals surface area contributed by atoms with E-state index in [2.05, 4.69) is 15.5 Å². The van der Waals surface area contributed by atoms with Gasteiger partial charge in [-0.15, -0.1) is 10.2 Å². The summed E-state index contributed by atoms with van der Waals surface area (Å²) in [6.45, 7) is 0.374. The predicted molar refractivity (Wildman–Crippen MR) is 93.8 cm³/mol. The standard InChI is InChI=1S/C18H16ClN3O3/c1-24-15-8-7-13(11-14(15)19)17(23)20-10-9-16-21-22-18(25-16)12-5-3-2-4-6-12/h2-8,11H,9-10H2,1H3,(H,20,23). The van der Waals surface area contributed by atoms with Gasteiger partial charge in [0.1, 0.15) is 5.75 Å². The number of hydrogen-bond donors (Lipinski definition) is 1. The van der Waals surface area contributed by atoms with Crippen molar-refractivity contribution in [2.75, 3.05) is 13.7 Å². The zero-order valence-electron chi connectivity index (χ0n) is 13.5. The van der Waals surface area contributed by atoms with Crippen molar-refractivity contribution < 1.29 is 13.9 Å². The number of benzene rings is 2. The molecule has 0 aliphatic rings. The van der Waals surface area contributed by atoms with E-state index in [9.17, 15) is 4.79 Å². The van der Waals surface area contributed by atoms with Crippen LogP contribution in [0.3, 0.4) is 0 Å². The molecule has 0 bridgehead atoms. The van der Waals surface area contributed by atoms with E-state index in [0.717, 1.165) is 5.56 Å². The lowest BCUT2D eigenvalue weighted by atomic mass is 10.2. The summed E-state index contributed by atoms with van der Waals surface area (Å²) < 4.78 is 10.7. The van der Waals surface area contributed by atoms with Crippen molar-refractivity contribution in [2.24, 2.45) is 0 Å². The lowest BCUT2D eigenvalue weighted by Crippen LogP contribution is -2.25. The zero-order chi connectivity index (χ0) is 17.6. The number of amides is 1. The number of carbonyl (C=O) groups excluding carboxylic acids is 1. The fraction of sp³-hybridized carbons (Fsp3) is 0.167. The Bertz CT molecular complexity index is 865. The topological polar surface area (TPSA) is 77.2 Å². The normalized spacial score (nSPS) is 10.5. The summed E-state index contributed by atoms with van der Waals surface area (Å²) in [5.74, 6) is 1.22. The second-order valence-electron chi connectivity index (χ2n) is 5.22. The molecule has 6 nitrogen and oxygen atoms in total. The maximum absolute atomic E-state index is 12.1. The predicted octanol–water partition coefficient (Wildman–Crippen LogP) is 3.37. The molecule has 2 aromatic carbocycles. The van der Waals surface area contributed by atoms with Crippen molar-refractivity contribution in [3.05, 3.63) is 65.0 Å². The highest BCUT2D eigenvalue weighted by Gasteiger charge is 2.11. The SMILES string of the molecule is COc1ccc(C(=O)NCCc2nnc(-c3ccccc3)o2)cc1Cl. The monoisotopic (exact) mass is 357 g/mol. The van der Waals surface area contributed by atoms with Gasteiger partial charge in [-0.05, 0) is 30.3 Å². The van der Waals surface area contributed by atoms with Gasteiger partial charge in [0.15, 0.2) is 0 Å². The number of carbonyl (C=O) groups is 1. The Balaban J connectivity index is 1.55. The largest absolute Gasteiger partial charge is 0.495 e. The van der Waals surface area contributed by atoms with E-state index in [4.69, 9.17) is 20.8 Å². The minimum Gasteiger partial charge on any atom is -0.495 e. The minimum absolute atomic E-state index is 0.229. The Hall–Kier alpha value is -2.86. The number of nitrogens with zero attached hydrogens (tertiary/aromatic N) is 2. The molecule has 7 heteroatoms. The number of hydrogen-bond acceptors (Lipinski definition) is 5. The molecule has 3 aromatic rings. The average molecular weight is 358 g/mol. The number of rotatable bonds is 6. The van der Waals surface area contributed by atoms with Crippen molar-refractivity contribution >= 4 is 17.5 Å². The number of halogens is 1. The fourth-order valence-electron chi connectivity index (χ4n) is 2.24. The molecule has 3 rings (SSSR count). The molecule has 0 radical (unpaired) electrons. The van der Waals surface area contributed by atoms with Crippen LogP contribution >= 0.6 is 11.6 Å². The molecule has 1 heterocycles. The van der Waals surface area contributed by atoms with Crippen molar-refractivity contribution in [3.63, 3.8) is 0 Å². The molecule has 0 fully saturated rings. The lowest BCUT2D eigenvalue weighted by Gasteiger charge is -2.06. The number of aromatic nitrogens is 2. The first kappa shape index (κ1) is 17.0. The van der Waals surface area contributed by atoms with Crippen LogP contribution in [0.4, 0.5) is 0 Å². The van der Waals surface area contributed by atoms with E-state index in [1.807, 2.05) is 30.3 Å².